The summed E-state index contributed by atoms with van der Waals surface area (Å²) >= 11 is 0. The molecule has 1 aliphatic rings. The van der Waals surface area contributed by atoms with Crippen LogP contribution >= 0.6 is 0 Å². The maximum atomic E-state index is 6.34. The molecule has 0 aromatic carbocycles. The third kappa shape index (κ3) is 5.18. The van der Waals surface area contributed by atoms with Crippen molar-refractivity contribution in [1.82, 2.24) is 0 Å². The summed E-state index contributed by atoms with van der Waals surface area (Å²) in [6, 6.07) is 0. The Labute approximate surface area is 121 Å². The molecule has 0 unspecified atom stereocenters. The van der Waals surface area contributed by atoms with Gasteiger partial charge in [-0.15, -0.1) is 0 Å². The first-order chi connectivity index (χ1) is 8.30. The SMILES string of the molecule is CC(C)(C)C1=CCC(O[Si](C)(C)C)=C1O[Si](C)(C)C. The van der Waals surface area contributed by atoms with Gasteiger partial charge >= 0.3 is 0 Å². The maximum absolute atomic E-state index is 6.34. The lowest BCUT2D eigenvalue weighted by Gasteiger charge is -2.30. The van der Waals surface area contributed by atoms with Gasteiger partial charge in [0.1, 0.15) is 11.5 Å². The van der Waals surface area contributed by atoms with E-state index in [1.54, 1.807) is 0 Å². The molecule has 0 bridgehead atoms. The highest BCUT2D eigenvalue weighted by atomic mass is 28.4. The molecular formula is C15H30O2Si2. The molecule has 0 amide bonds. The van der Waals surface area contributed by atoms with E-state index in [2.05, 4.69) is 66.1 Å². The van der Waals surface area contributed by atoms with Gasteiger partial charge in [0.05, 0.1) is 0 Å². The molecule has 0 aromatic rings. The fourth-order valence-electron chi connectivity index (χ4n) is 2.05. The first kappa shape index (κ1) is 16.6. The van der Waals surface area contributed by atoms with E-state index in [9.17, 15) is 0 Å². The van der Waals surface area contributed by atoms with Crippen molar-refractivity contribution in [2.24, 2.45) is 5.41 Å². The highest BCUT2D eigenvalue weighted by Crippen LogP contribution is 2.41. The van der Waals surface area contributed by atoms with Crippen molar-refractivity contribution in [1.29, 1.82) is 0 Å². The van der Waals surface area contributed by atoms with Gasteiger partial charge < -0.3 is 8.85 Å². The van der Waals surface area contributed by atoms with Crippen LogP contribution in [0.1, 0.15) is 27.2 Å². The Morgan fingerprint density at radius 3 is 1.74 bits per heavy atom. The van der Waals surface area contributed by atoms with E-state index in [0.29, 0.717) is 0 Å². The standard InChI is InChI=1S/C15H30O2Si2/c1-15(2,3)12-10-11-13(16-18(4,5)6)14(12)17-19(7,8)9/h10H,11H2,1-9H3. The van der Waals surface area contributed by atoms with Crippen molar-refractivity contribution in [2.45, 2.75) is 66.5 Å². The van der Waals surface area contributed by atoms with Crippen LogP contribution in [0.15, 0.2) is 23.2 Å². The van der Waals surface area contributed by atoms with Crippen LogP contribution in [0.2, 0.25) is 39.3 Å². The van der Waals surface area contributed by atoms with Crippen molar-refractivity contribution in [3.63, 3.8) is 0 Å². The first-order valence-electron chi connectivity index (χ1n) is 7.12. The van der Waals surface area contributed by atoms with Crippen molar-refractivity contribution in [3.05, 3.63) is 23.2 Å². The topological polar surface area (TPSA) is 18.5 Å². The summed E-state index contributed by atoms with van der Waals surface area (Å²) in [5.74, 6) is 2.10. The second kappa shape index (κ2) is 5.13. The Morgan fingerprint density at radius 2 is 1.37 bits per heavy atom. The van der Waals surface area contributed by atoms with Gasteiger partial charge in [-0.3, -0.25) is 0 Å². The van der Waals surface area contributed by atoms with E-state index in [4.69, 9.17) is 8.85 Å². The summed E-state index contributed by atoms with van der Waals surface area (Å²) in [5, 5.41) is 0. The lowest BCUT2D eigenvalue weighted by atomic mass is 9.86. The Hall–Kier alpha value is -0.486. The van der Waals surface area contributed by atoms with E-state index in [-0.39, 0.29) is 5.41 Å². The molecule has 0 atom stereocenters. The summed E-state index contributed by atoms with van der Waals surface area (Å²) in [4.78, 5) is 0. The van der Waals surface area contributed by atoms with Gasteiger partial charge in [-0.2, -0.15) is 0 Å². The molecule has 0 heterocycles. The molecule has 0 aliphatic heterocycles. The Bertz CT molecular complexity index is 401. The summed E-state index contributed by atoms with van der Waals surface area (Å²) in [7, 11) is -3.21. The molecule has 0 saturated heterocycles. The zero-order chi connectivity index (χ0) is 15.1. The summed E-state index contributed by atoms with van der Waals surface area (Å²) < 4.78 is 12.6. The number of hydrogen-bond acceptors (Lipinski definition) is 2. The lowest BCUT2D eigenvalue weighted by molar-refractivity contribution is 0.334. The van der Waals surface area contributed by atoms with Crippen LogP contribution in [-0.4, -0.2) is 16.6 Å². The summed E-state index contributed by atoms with van der Waals surface area (Å²) in [5.41, 5.74) is 1.42. The van der Waals surface area contributed by atoms with E-state index in [1.165, 1.54) is 5.57 Å². The molecule has 0 radical (unpaired) electrons. The third-order valence-corrected chi connectivity index (χ3v) is 4.31. The second-order valence-electron chi connectivity index (χ2n) is 8.25. The second-order valence-corrected chi connectivity index (χ2v) is 17.1. The van der Waals surface area contributed by atoms with Gasteiger partial charge in [0.25, 0.3) is 0 Å². The minimum Gasteiger partial charge on any atom is -0.544 e. The number of rotatable bonds is 4. The molecule has 0 spiro atoms. The van der Waals surface area contributed by atoms with Gasteiger partial charge in [-0.25, -0.2) is 0 Å². The molecule has 4 heteroatoms. The predicted octanol–water partition coefficient (Wildman–Crippen LogP) is 5.28. The molecule has 0 N–H and O–H groups in total. The molecule has 0 fully saturated rings. The van der Waals surface area contributed by atoms with Crippen LogP contribution in [0.4, 0.5) is 0 Å². The first-order valence-corrected chi connectivity index (χ1v) is 13.9. The van der Waals surface area contributed by atoms with Crippen LogP contribution in [0.25, 0.3) is 0 Å². The van der Waals surface area contributed by atoms with Crippen molar-refractivity contribution >= 4 is 16.6 Å². The smallest absolute Gasteiger partial charge is 0.242 e. The third-order valence-electron chi connectivity index (χ3n) is 2.64. The van der Waals surface area contributed by atoms with Gasteiger partial charge in [-0.1, -0.05) is 26.8 Å². The molecule has 1 rings (SSSR count). The van der Waals surface area contributed by atoms with Crippen molar-refractivity contribution in [2.75, 3.05) is 0 Å². The molecule has 19 heavy (non-hydrogen) atoms. The minimum absolute atomic E-state index is 0.111. The Kier molecular flexibility index (Phi) is 4.47. The van der Waals surface area contributed by atoms with Crippen LogP contribution in [0, 0.1) is 5.41 Å². The van der Waals surface area contributed by atoms with Crippen LogP contribution in [0.3, 0.4) is 0 Å². The highest BCUT2D eigenvalue weighted by Gasteiger charge is 2.34. The van der Waals surface area contributed by atoms with Crippen molar-refractivity contribution in [3.8, 4) is 0 Å². The predicted molar refractivity (Wildman–Crippen MR) is 88.0 cm³/mol. The lowest BCUT2D eigenvalue weighted by Crippen LogP contribution is -2.29. The number of hydrogen-bond donors (Lipinski definition) is 0. The minimum atomic E-state index is -1.62. The highest BCUT2D eigenvalue weighted by molar-refractivity contribution is 6.70. The van der Waals surface area contributed by atoms with Gasteiger partial charge in [-0.05, 0) is 50.3 Å². The van der Waals surface area contributed by atoms with E-state index < -0.39 is 16.6 Å². The Morgan fingerprint density at radius 1 is 0.895 bits per heavy atom. The largest absolute Gasteiger partial charge is 0.544 e. The quantitative estimate of drug-likeness (QED) is 0.658. The molecular weight excluding hydrogens is 268 g/mol. The summed E-state index contributed by atoms with van der Waals surface area (Å²) in [6.07, 6.45) is 3.17. The van der Waals surface area contributed by atoms with E-state index >= 15 is 0 Å². The van der Waals surface area contributed by atoms with Gasteiger partial charge in [0.15, 0.2) is 0 Å². The fraction of sp³-hybridized carbons (Fsp3) is 0.733. The van der Waals surface area contributed by atoms with Gasteiger partial charge in [0, 0.05) is 6.42 Å². The van der Waals surface area contributed by atoms with Crippen LogP contribution in [-0.2, 0) is 8.85 Å². The Balaban J connectivity index is 3.12. The molecule has 110 valence electrons. The summed E-state index contributed by atoms with van der Waals surface area (Å²) in [6.45, 7) is 20.1. The fourth-order valence-corrected chi connectivity index (χ4v) is 3.80. The zero-order valence-corrected chi connectivity index (χ0v) is 16.1. The average Bonchev–Trinajstić information content (AvgIpc) is 2.41. The monoisotopic (exact) mass is 298 g/mol. The molecule has 0 saturated carbocycles. The van der Waals surface area contributed by atoms with Crippen molar-refractivity contribution < 1.29 is 8.85 Å². The normalized spacial score (nSPS) is 17.6. The average molecular weight is 299 g/mol. The molecule has 2 nitrogen and oxygen atoms in total. The number of allylic oxidation sites excluding steroid dienone is 2. The molecule has 1 aliphatic carbocycles. The van der Waals surface area contributed by atoms with Crippen LogP contribution < -0.4 is 0 Å². The van der Waals surface area contributed by atoms with E-state index in [0.717, 1.165) is 17.9 Å². The van der Waals surface area contributed by atoms with E-state index in [1.807, 2.05) is 0 Å². The van der Waals surface area contributed by atoms with Gasteiger partial charge in [0.2, 0.25) is 16.6 Å². The zero-order valence-electron chi connectivity index (χ0n) is 14.1. The van der Waals surface area contributed by atoms with Crippen LogP contribution in [0.5, 0.6) is 0 Å². The molecule has 0 aromatic heterocycles. The maximum Gasteiger partial charge on any atom is 0.242 e.